The van der Waals surface area contributed by atoms with Gasteiger partial charge >= 0.3 is 168 Å². The summed E-state index contributed by atoms with van der Waals surface area (Å²) in [6, 6.07) is 13.3. The smallest absolute Gasteiger partial charge is 1.00 e. The summed E-state index contributed by atoms with van der Waals surface area (Å²) in [4.78, 5) is 2.23. The standard InChI is InChI=1S/C18H18N.C5H11O.2ClH.Ti/c1-19(2)13-14-7-8-17(11-14)18-10-9-15-5-3-4-6-16(15)12-18;1-5(2,3)4-6;;;/h3-7,9-11H,8,13H2,1-2H3;4H2,1-3H3;2*1H;/q;-1;;;+3/p-2. The van der Waals surface area contributed by atoms with Gasteiger partial charge in [-0.1, -0.05) is 0 Å². The normalized spacial score (nSPS) is 13.5. The second-order valence-electron chi connectivity index (χ2n) is 8.55. The predicted molar refractivity (Wildman–Crippen MR) is 108 cm³/mol. The van der Waals surface area contributed by atoms with Crippen molar-refractivity contribution in [3.8, 4) is 0 Å². The first-order valence-electron chi connectivity index (χ1n) is 9.28. The van der Waals surface area contributed by atoms with Gasteiger partial charge in [-0.3, -0.25) is 0 Å². The molecule has 0 atom stereocenters. The molecule has 1 aliphatic rings. The molecule has 0 aliphatic heterocycles. The summed E-state index contributed by atoms with van der Waals surface area (Å²) in [7, 11) is 4.25. The molecule has 0 radical (unpaired) electrons. The van der Waals surface area contributed by atoms with Crippen LogP contribution >= 0.6 is 0 Å². The third-order valence-electron chi connectivity index (χ3n) is 4.40. The number of hydrogen-bond donors (Lipinski definition) is 0. The summed E-state index contributed by atoms with van der Waals surface area (Å²) in [6.45, 7) is 8.53. The van der Waals surface area contributed by atoms with Crippen LogP contribution in [0.4, 0.5) is 0 Å². The van der Waals surface area contributed by atoms with Gasteiger partial charge in [-0.25, -0.2) is 0 Å². The van der Waals surface area contributed by atoms with Gasteiger partial charge < -0.3 is 24.8 Å². The Kier molecular flexibility index (Phi) is 9.96. The van der Waals surface area contributed by atoms with Crippen molar-refractivity contribution in [2.75, 3.05) is 27.2 Å². The number of allylic oxidation sites excluding steroid dienone is 2. The van der Waals surface area contributed by atoms with E-state index >= 15 is 0 Å². The van der Waals surface area contributed by atoms with Gasteiger partial charge in [-0.2, -0.15) is 0 Å². The molecule has 0 unspecified atom stereocenters. The molecule has 0 saturated carbocycles. The summed E-state index contributed by atoms with van der Waals surface area (Å²) < 4.78 is 7.70. The molecule has 2 aromatic carbocycles. The van der Waals surface area contributed by atoms with E-state index in [2.05, 4.69) is 88.3 Å². The number of fused-ring (bicyclic) bond motifs is 1. The van der Waals surface area contributed by atoms with Gasteiger partial charge in [0.15, 0.2) is 0 Å². The molecule has 0 fully saturated rings. The Morgan fingerprint density at radius 3 is 2.43 bits per heavy atom. The summed E-state index contributed by atoms with van der Waals surface area (Å²) in [5.74, 6) is 0. The topological polar surface area (TPSA) is 12.5 Å². The molecule has 150 valence electrons. The van der Waals surface area contributed by atoms with Gasteiger partial charge in [0.1, 0.15) is 0 Å². The molecule has 2 nitrogen and oxygen atoms in total. The average molecular weight is 454 g/mol. The second kappa shape index (κ2) is 11.0. The van der Waals surface area contributed by atoms with E-state index in [1.165, 1.54) is 31.4 Å². The van der Waals surface area contributed by atoms with E-state index in [9.17, 15) is 0 Å². The van der Waals surface area contributed by atoms with Gasteiger partial charge in [0, 0.05) is 0 Å². The van der Waals surface area contributed by atoms with E-state index in [1.54, 1.807) is 0 Å². The molecule has 5 heteroatoms. The van der Waals surface area contributed by atoms with Gasteiger partial charge in [-0.15, -0.1) is 0 Å². The van der Waals surface area contributed by atoms with Crippen molar-refractivity contribution in [3.63, 3.8) is 0 Å². The molecule has 2 aromatic rings. The van der Waals surface area contributed by atoms with Crippen molar-refractivity contribution in [1.29, 1.82) is 0 Å². The Morgan fingerprint density at radius 2 is 1.75 bits per heavy atom. The molecule has 0 amide bonds. The van der Waals surface area contributed by atoms with E-state index in [0.29, 0.717) is 0 Å². The van der Waals surface area contributed by atoms with Crippen LogP contribution in [0.25, 0.3) is 16.3 Å². The summed E-state index contributed by atoms with van der Waals surface area (Å²) >= 11 is -0.644. The summed E-state index contributed by atoms with van der Waals surface area (Å²) in [5, 5.41) is 2.68. The molecule has 28 heavy (non-hydrogen) atoms. The molecule has 0 saturated heterocycles. The molecular weight excluding hydrogens is 425 g/mol. The maximum Gasteiger partial charge on any atom is -1.00 e. The quantitative estimate of drug-likeness (QED) is 0.510. The van der Waals surface area contributed by atoms with Gasteiger partial charge in [0.05, 0.1) is 0 Å². The van der Waals surface area contributed by atoms with Gasteiger partial charge in [0.2, 0.25) is 0 Å². The molecule has 3 rings (SSSR count). The van der Waals surface area contributed by atoms with Crippen LogP contribution in [-0.2, 0) is 22.9 Å². The zero-order valence-corrected chi connectivity index (χ0v) is 20.4. The maximum atomic E-state index is 6.26. The van der Waals surface area contributed by atoms with Crippen molar-refractivity contribution < 1.29 is 47.7 Å². The number of likely N-dealkylation sites (N-methyl/N-ethyl adjacent to an activating group) is 1. The van der Waals surface area contributed by atoms with Crippen LogP contribution in [0, 0.1) is 5.41 Å². The SMILES string of the molecule is CN(C)CC1=CCC(c2ccc3ccccc3[c]2[Ti+2][O]CC(C)(C)C)=C1.[Cl-].[Cl-]. The number of hydrogen-bond acceptors (Lipinski definition) is 2. The predicted octanol–water partition coefficient (Wildman–Crippen LogP) is -1.19. The minimum Gasteiger partial charge on any atom is -1.00 e. The van der Waals surface area contributed by atoms with E-state index < -0.39 is 19.5 Å². The Bertz CT molecular complexity index is 853. The van der Waals surface area contributed by atoms with Crippen molar-refractivity contribution in [2.45, 2.75) is 27.2 Å². The van der Waals surface area contributed by atoms with E-state index in [1.807, 2.05) is 0 Å². The zero-order valence-electron chi connectivity index (χ0n) is 17.4. The van der Waals surface area contributed by atoms with E-state index in [-0.39, 0.29) is 30.2 Å². The van der Waals surface area contributed by atoms with Crippen LogP contribution in [0.1, 0.15) is 32.8 Å². The number of rotatable bonds is 6. The van der Waals surface area contributed by atoms with Crippen LogP contribution in [0.2, 0.25) is 0 Å². The van der Waals surface area contributed by atoms with Crippen molar-refractivity contribution in [3.05, 3.63) is 59.7 Å². The summed E-state index contributed by atoms with van der Waals surface area (Å²) in [6.07, 6.45) is 5.77. The molecule has 0 bridgehead atoms. The third kappa shape index (κ3) is 6.73. The Balaban J connectivity index is 0.00000196. The van der Waals surface area contributed by atoms with Gasteiger partial charge in [0.25, 0.3) is 0 Å². The van der Waals surface area contributed by atoms with Crippen LogP contribution in [0.15, 0.2) is 54.1 Å². The largest absolute Gasteiger partial charge is 1.00 e. The molecular formula is C23H29Cl2NOTi. The maximum absolute atomic E-state index is 6.26. The molecule has 0 spiro atoms. The Labute approximate surface area is 191 Å². The van der Waals surface area contributed by atoms with E-state index in [0.717, 1.165) is 19.6 Å². The minimum atomic E-state index is -0.644. The second-order valence-corrected chi connectivity index (χ2v) is 10.1. The third-order valence-corrected chi connectivity index (χ3v) is 6.01. The fourth-order valence-electron chi connectivity index (χ4n) is 3.22. The molecule has 0 aromatic heterocycles. The van der Waals surface area contributed by atoms with Crippen molar-refractivity contribution in [1.82, 2.24) is 4.90 Å². The van der Waals surface area contributed by atoms with E-state index in [4.69, 9.17) is 3.32 Å². The molecule has 0 N–H and O–H groups in total. The fraction of sp³-hybridized carbons (Fsp3) is 0.391. The van der Waals surface area contributed by atoms with Crippen LogP contribution in [-0.4, -0.2) is 32.1 Å². The minimum absolute atomic E-state index is 0. The summed E-state index contributed by atoms with van der Waals surface area (Å²) in [5.41, 5.74) is 4.45. The number of nitrogens with zero attached hydrogens (tertiary/aromatic N) is 1. The Morgan fingerprint density at radius 1 is 1.04 bits per heavy atom. The van der Waals surface area contributed by atoms with Crippen LogP contribution in [0.3, 0.4) is 0 Å². The molecule has 1 aliphatic carbocycles. The van der Waals surface area contributed by atoms with Crippen LogP contribution in [0.5, 0.6) is 0 Å². The first-order valence-corrected chi connectivity index (χ1v) is 10.7. The monoisotopic (exact) mass is 453 g/mol. The van der Waals surface area contributed by atoms with Crippen molar-refractivity contribution >= 4 is 20.2 Å². The Hall–Kier alpha value is -0.606. The average Bonchev–Trinajstić information content (AvgIpc) is 3.01. The van der Waals surface area contributed by atoms with Gasteiger partial charge in [-0.05, 0) is 0 Å². The molecule has 0 heterocycles. The number of halogens is 2. The van der Waals surface area contributed by atoms with Crippen molar-refractivity contribution in [2.24, 2.45) is 5.41 Å². The first-order chi connectivity index (χ1) is 12.3. The first kappa shape index (κ1) is 25.4. The number of benzene rings is 2. The zero-order chi connectivity index (χ0) is 18.7. The van der Waals surface area contributed by atoms with Crippen LogP contribution < -0.4 is 28.7 Å². The fourth-order valence-corrected chi connectivity index (χ4v) is 5.31.